The molecule has 0 spiro atoms. The van der Waals surface area contributed by atoms with Gasteiger partial charge >= 0.3 is 0 Å². The summed E-state index contributed by atoms with van der Waals surface area (Å²) in [6.07, 6.45) is 8.99. The van der Waals surface area contributed by atoms with E-state index in [0.29, 0.717) is 17.6 Å². The maximum atomic E-state index is 5.12. The van der Waals surface area contributed by atoms with Crippen molar-refractivity contribution in [1.29, 1.82) is 0 Å². The lowest BCUT2D eigenvalue weighted by atomic mass is 9.90. The average Bonchev–Trinajstić information content (AvgIpc) is 3.60. The fraction of sp³-hybridized carbons (Fsp3) is 0.0513. The van der Waals surface area contributed by atoms with Gasteiger partial charge in [-0.1, -0.05) is 121 Å². The molecule has 2 aliphatic rings. The van der Waals surface area contributed by atoms with E-state index in [2.05, 4.69) is 101 Å². The molecule has 7 aromatic rings. The zero-order valence-electron chi connectivity index (χ0n) is 23.8. The van der Waals surface area contributed by atoms with Crippen molar-refractivity contribution in [3.8, 4) is 28.7 Å². The van der Waals surface area contributed by atoms with Crippen LogP contribution in [-0.4, -0.2) is 25.6 Å². The van der Waals surface area contributed by atoms with Crippen molar-refractivity contribution in [3.05, 3.63) is 157 Å². The van der Waals surface area contributed by atoms with Crippen molar-refractivity contribution >= 4 is 33.2 Å². The van der Waals surface area contributed by atoms with Crippen molar-refractivity contribution in [1.82, 2.24) is 19.5 Å². The van der Waals surface area contributed by atoms with E-state index in [4.69, 9.17) is 15.0 Å². The number of nitrogens with zero attached hydrogens (tertiary/aromatic N) is 5. The number of rotatable bonds is 4. The van der Waals surface area contributed by atoms with Gasteiger partial charge in [-0.2, -0.15) is 9.97 Å². The van der Waals surface area contributed by atoms with Crippen LogP contribution in [0.3, 0.4) is 0 Å². The van der Waals surface area contributed by atoms with Crippen LogP contribution < -0.4 is 4.90 Å². The number of allylic oxidation sites excluding steroid dienone is 2. The minimum atomic E-state index is 0.218. The minimum absolute atomic E-state index is 0.218. The Morgan fingerprint density at radius 1 is 0.523 bits per heavy atom. The van der Waals surface area contributed by atoms with Crippen molar-refractivity contribution < 1.29 is 0 Å². The lowest BCUT2D eigenvalue weighted by Gasteiger charge is -2.28. The Balaban J connectivity index is 1.34. The number of hydrogen-bond acceptors (Lipinski definition) is 4. The quantitative estimate of drug-likeness (QED) is 0.214. The number of benzene rings is 5. The second kappa shape index (κ2) is 9.89. The summed E-state index contributed by atoms with van der Waals surface area (Å²) in [6, 6.07) is 44.5. The Hall–Kier alpha value is -5.81. The molecular formula is C39H27N5. The van der Waals surface area contributed by atoms with Gasteiger partial charge in [0.2, 0.25) is 5.95 Å². The maximum absolute atomic E-state index is 5.12. The highest BCUT2D eigenvalue weighted by Gasteiger charge is 2.38. The molecule has 0 saturated carbocycles. The van der Waals surface area contributed by atoms with Crippen molar-refractivity contribution in [2.24, 2.45) is 0 Å². The first-order chi connectivity index (χ1) is 21.8. The molecule has 1 aliphatic heterocycles. The molecule has 0 fully saturated rings. The summed E-state index contributed by atoms with van der Waals surface area (Å²) in [7, 11) is 0. The Labute approximate surface area is 255 Å². The molecule has 3 heterocycles. The SMILES string of the molecule is C1=CC2c3cc4c5ccccc5n(-c5nc(-c6ccccc6)nc(-c6ccccc6)n5)c4cc3N(c3ccccc3)C2C=C1. The van der Waals surface area contributed by atoms with Crippen LogP contribution >= 0.6 is 0 Å². The van der Waals surface area contributed by atoms with Gasteiger partial charge in [0.1, 0.15) is 0 Å². The van der Waals surface area contributed by atoms with Crippen LogP contribution in [-0.2, 0) is 0 Å². The van der Waals surface area contributed by atoms with Gasteiger partial charge in [0.25, 0.3) is 0 Å². The van der Waals surface area contributed by atoms with Gasteiger partial charge in [-0.15, -0.1) is 0 Å². The van der Waals surface area contributed by atoms with Gasteiger partial charge in [-0.25, -0.2) is 4.98 Å². The predicted octanol–water partition coefficient (Wildman–Crippen LogP) is 9.03. The van der Waals surface area contributed by atoms with E-state index in [1.54, 1.807) is 0 Å². The molecule has 2 atom stereocenters. The Bertz CT molecular complexity index is 2180. The molecule has 5 heteroatoms. The Morgan fingerprint density at radius 2 is 1.14 bits per heavy atom. The molecule has 0 saturated heterocycles. The topological polar surface area (TPSA) is 46.8 Å². The van der Waals surface area contributed by atoms with E-state index in [1.807, 2.05) is 60.7 Å². The highest BCUT2D eigenvalue weighted by Crippen LogP contribution is 2.50. The fourth-order valence-corrected chi connectivity index (χ4v) is 6.80. The lowest BCUT2D eigenvalue weighted by Crippen LogP contribution is -2.28. The second-order valence-electron chi connectivity index (χ2n) is 11.3. The standard InChI is InChI=1S/C39H27N5/c1-4-14-26(15-5-1)37-40-38(27-16-6-2-7-17-27)42-39(41-37)44-34-23-13-11-21-30(34)32-24-31-29-20-10-12-22-33(29)43(35(31)25-36(32)44)28-18-8-3-9-19-28/h1-25,29,33H. The summed E-state index contributed by atoms with van der Waals surface area (Å²) >= 11 is 0. The third-order valence-corrected chi connectivity index (χ3v) is 8.77. The largest absolute Gasteiger partial charge is 0.333 e. The highest BCUT2D eigenvalue weighted by molar-refractivity contribution is 6.11. The smallest absolute Gasteiger partial charge is 0.238 e. The van der Waals surface area contributed by atoms with Gasteiger partial charge < -0.3 is 4.90 Å². The summed E-state index contributed by atoms with van der Waals surface area (Å²) in [5.74, 6) is 2.17. The molecule has 208 valence electrons. The molecule has 2 unspecified atom stereocenters. The van der Waals surface area contributed by atoms with Crippen molar-refractivity contribution in [2.75, 3.05) is 4.90 Å². The normalized spacial score (nSPS) is 16.9. The summed E-state index contributed by atoms with van der Waals surface area (Å²) in [6.45, 7) is 0. The Morgan fingerprint density at radius 3 is 1.84 bits per heavy atom. The molecular weight excluding hydrogens is 538 g/mol. The molecule has 2 aromatic heterocycles. The predicted molar refractivity (Wildman–Crippen MR) is 178 cm³/mol. The first-order valence-electron chi connectivity index (χ1n) is 15.0. The Kier molecular flexibility index (Phi) is 5.56. The van der Waals surface area contributed by atoms with Crippen LogP contribution in [0.4, 0.5) is 11.4 Å². The van der Waals surface area contributed by atoms with Crippen LogP contribution in [0.1, 0.15) is 11.5 Å². The van der Waals surface area contributed by atoms with E-state index in [0.717, 1.165) is 22.2 Å². The maximum Gasteiger partial charge on any atom is 0.238 e. The molecule has 0 bridgehead atoms. The van der Waals surface area contributed by atoms with Crippen molar-refractivity contribution in [2.45, 2.75) is 12.0 Å². The molecule has 1 aliphatic carbocycles. The van der Waals surface area contributed by atoms with Gasteiger partial charge in [-0.05, 0) is 35.9 Å². The van der Waals surface area contributed by atoms with E-state index < -0.39 is 0 Å². The van der Waals surface area contributed by atoms with Gasteiger partial charge in [-0.3, -0.25) is 4.57 Å². The van der Waals surface area contributed by atoms with E-state index >= 15 is 0 Å². The third kappa shape index (κ3) is 3.83. The van der Waals surface area contributed by atoms with Crippen molar-refractivity contribution in [3.63, 3.8) is 0 Å². The van der Waals surface area contributed by atoms with Crippen LogP contribution in [0.5, 0.6) is 0 Å². The van der Waals surface area contributed by atoms with Gasteiger partial charge in [0.15, 0.2) is 11.6 Å². The average molecular weight is 566 g/mol. The molecule has 5 nitrogen and oxygen atoms in total. The summed E-state index contributed by atoms with van der Waals surface area (Å²) in [4.78, 5) is 17.7. The molecule has 0 radical (unpaired) electrons. The molecule has 44 heavy (non-hydrogen) atoms. The zero-order valence-corrected chi connectivity index (χ0v) is 23.8. The first-order valence-corrected chi connectivity index (χ1v) is 15.0. The van der Waals surface area contributed by atoms with Crippen LogP contribution in [0.25, 0.3) is 50.5 Å². The minimum Gasteiger partial charge on any atom is -0.333 e. The first kappa shape index (κ1) is 24.8. The molecule has 5 aromatic carbocycles. The summed E-state index contributed by atoms with van der Waals surface area (Å²) in [5, 5.41) is 2.37. The fourth-order valence-electron chi connectivity index (χ4n) is 6.80. The van der Waals surface area contributed by atoms with E-state index in [9.17, 15) is 0 Å². The molecule has 0 amide bonds. The van der Waals surface area contributed by atoms with Crippen LogP contribution in [0.15, 0.2) is 152 Å². The van der Waals surface area contributed by atoms with E-state index in [-0.39, 0.29) is 12.0 Å². The van der Waals surface area contributed by atoms with Crippen LogP contribution in [0.2, 0.25) is 0 Å². The van der Waals surface area contributed by atoms with Gasteiger partial charge in [0.05, 0.1) is 17.1 Å². The second-order valence-corrected chi connectivity index (χ2v) is 11.3. The summed E-state index contributed by atoms with van der Waals surface area (Å²) < 4.78 is 2.21. The zero-order chi connectivity index (χ0) is 29.0. The number of para-hydroxylation sites is 2. The van der Waals surface area contributed by atoms with Crippen LogP contribution in [0, 0.1) is 0 Å². The van der Waals surface area contributed by atoms with E-state index in [1.165, 1.54) is 27.7 Å². The highest BCUT2D eigenvalue weighted by atomic mass is 15.2. The molecule has 0 N–H and O–H groups in total. The molecule has 9 rings (SSSR count). The number of aromatic nitrogens is 4. The van der Waals surface area contributed by atoms with Gasteiger partial charge in [0, 0.05) is 39.2 Å². The number of fused-ring (bicyclic) bond motifs is 6. The number of anilines is 2. The summed E-state index contributed by atoms with van der Waals surface area (Å²) in [5.41, 5.74) is 7.76. The monoisotopic (exact) mass is 565 g/mol. The lowest BCUT2D eigenvalue weighted by molar-refractivity contribution is 0.745. The number of hydrogen-bond donors (Lipinski definition) is 0. The third-order valence-electron chi connectivity index (χ3n) is 8.77.